The molecule has 1 aliphatic rings. The third kappa shape index (κ3) is 2.70. The van der Waals surface area contributed by atoms with E-state index in [2.05, 4.69) is 4.90 Å². The Morgan fingerprint density at radius 2 is 2.28 bits per heavy atom. The fourth-order valence-electron chi connectivity index (χ4n) is 2.44. The van der Waals surface area contributed by atoms with Crippen molar-refractivity contribution >= 4 is 5.78 Å². The lowest BCUT2D eigenvalue weighted by molar-refractivity contribution is 0.0842. The van der Waals surface area contributed by atoms with Gasteiger partial charge in [0.15, 0.2) is 17.3 Å². The molecular weight excluding hydrogens is 233 g/mol. The molecule has 18 heavy (non-hydrogen) atoms. The number of carbonyl (C=O) groups excluding carboxylic acids is 1. The largest absolute Gasteiger partial charge is 0.494 e. The molecule has 1 aliphatic heterocycles. The molecule has 1 heterocycles. The first-order valence-corrected chi connectivity index (χ1v) is 6.18. The highest BCUT2D eigenvalue weighted by Gasteiger charge is 2.25. The van der Waals surface area contributed by atoms with E-state index in [1.807, 2.05) is 7.05 Å². The van der Waals surface area contributed by atoms with E-state index in [0.717, 1.165) is 25.9 Å². The average molecular weight is 251 g/mol. The summed E-state index contributed by atoms with van der Waals surface area (Å²) < 4.78 is 18.4. The first-order chi connectivity index (χ1) is 8.61. The van der Waals surface area contributed by atoms with Crippen LogP contribution in [0.4, 0.5) is 4.39 Å². The molecular formula is C14H18FNO2. The van der Waals surface area contributed by atoms with Gasteiger partial charge in [-0.3, -0.25) is 4.79 Å². The highest BCUT2D eigenvalue weighted by molar-refractivity contribution is 5.98. The molecule has 3 nitrogen and oxygen atoms in total. The van der Waals surface area contributed by atoms with Gasteiger partial charge in [-0.15, -0.1) is 0 Å². The van der Waals surface area contributed by atoms with Gasteiger partial charge >= 0.3 is 0 Å². The number of likely N-dealkylation sites (tertiary alicyclic amines) is 1. The Hall–Kier alpha value is -1.42. The van der Waals surface area contributed by atoms with E-state index in [-0.39, 0.29) is 17.5 Å². The number of nitrogens with zero attached hydrogens (tertiary/aromatic N) is 1. The maximum atomic E-state index is 13.6. The quantitative estimate of drug-likeness (QED) is 0.772. The second kappa shape index (κ2) is 5.48. The van der Waals surface area contributed by atoms with Gasteiger partial charge in [-0.2, -0.15) is 0 Å². The fourth-order valence-corrected chi connectivity index (χ4v) is 2.44. The minimum absolute atomic E-state index is 0.0171. The predicted octanol–water partition coefficient (Wildman–Crippen LogP) is 2.36. The third-order valence-electron chi connectivity index (χ3n) is 3.43. The van der Waals surface area contributed by atoms with E-state index in [0.29, 0.717) is 5.56 Å². The summed E-state index contributed by atoms with van der Waals surface area (Å²) in [5.74, 6) is -0.292. The van der Waals surface area contributed by atoms with Crippen LogP contribution in [0, 0.1) is 11.7 Å². The van der Waals surface area contributed by atoms with Gasteiger partial charge in [0.05, 0.1) is 7.11 Å². The summed E-state index contributed by atoms with van der Waals surface area (Å²) in [6.45, 7) is 1.78. The Morgan fingerprint density at radius 1 is 1.50 bits per heavy atom. The molecule has 0 bridgehead atoms. The number of rotatable bonds is 3. The zero-order chi connectivity index (χ0) is 13.1. The Kier molecular flexibility index (Phi) is 3.97. The molecule has 0 radical (unpaired) electrons. The van der Waals surface area contributed by atoms with Crippen LogP contribution in [0.3, 0.4) is 0 Å². The van der Waals surface area contributed by atoms with Gasteiger partial charge in [0.2, 0.25) is 0 Å². The standard InChI is InChI=1S/C14H18FNO2/c1-16-7-3-4-11(9-16)14(17)10-5-6-13(18-2)12(15)8-10/h5-6,8,11H,3-4,7,9H2,1-2H3/t11-/m0/s1. The smallest absolute Gasteiger partial charge is 0.167 e. The molecule has 0 amide bonds. The molecule has 4 heteroatoms. The van der Waals surface area contributed by atoms with Gasteiger partial charge in [0.1, 0.15) is 0 Å². The summed E-state index contributed by atoms with van der Waals surface area (Å²) >= 11 is 0. The van der Waals surface area contributed by atoms with Gasteiger partial charge in [0, 0.05) is 18.0 Å². The fraction of sp³-hybridized carbons (Fsp3) is 0.500. The number of methoxy groups -OCH3 is 1. The summed E-state index contributed by atoms with van der Waals surface area (Å²) in [6.07, 6.45) is 1.91. The van der Waals surface area contributed by atoms with Crippen LogP contribution in [0.15, 0.2) is 18.2 Å². The van der Waals surface area contributed by atoms with E-state index in [4.69, 9.17) is 4.74 Å². The number of Topliss-reactive ketones (excluding diaryl/α,β-unsaturated/α-hetero) is 1. The molecule has 1 saturated heterocycles. The van der Waals surface area contributed by atoms with Crippen molar-refractivity contribution in [3.63, 3.8) is 0 Å². The lowest BCUT2D eigenvalue weighted by atomic mass is 9.90. The van der Waals surface area contributed by atoms with Crippen molar-refractivity contribution in [2.45, 2.75) is 12.8 Å². The molecule has 0 N–H and O–H groups in total. The van der Waals surface area contributed by atoms with Crippen LogP contribution in [0.25, 0.3) is 0 Å². The van der Waals surface area contributed by atoms with Gasteiger partial charge in [-0.05, 0) is 44.6 Å². The predicted molar refractivity (Wildman–Crippen MR) is 67.5 cm³/mol. The Bertz CT molecular complexity index is 447. The lowest BCUT2D eigenvalue weighted by Crippen LogP contribution is -2.36. The summed E-state index contributed by atoms with van der Waals surface area (Å²) in [4.78, 5) is 14.4. The number of hydrogen-bond donors (Lipinski definition) is 0. The molecule has 0 unspecified atom stereocenters. The van der Waals surface area contributed by atoms with Crippen LogP contribution >= 0.6 is 0 Å². The van der Waals surface area contributed by atoms with Gasteiger partial charge in [0.25, 0.3) is 0 Å². The van der Waals surface area contributed by atoms with Crippen molar-refractivity contribution < 1.29 is 13.9 Å². The number of halogens is 1. The molecule has 1 aromatic carbocycles. The highest BCUT2D eigenvalue weighted by Crippen LogP contribution is 2.23. The van der Waals surface area contributed by atoms with Gasteiger partial charge < -0.3 is 9.64 Å². The molecule has 0 spiro atoms. The summed E-state index contributed by atoms with van der Waals surface area (Å²) in [5, 5.41) is 0. The Balaban J connectivity index is 2.15. The Morgan fingerprint density at radius 3 is 2.89 bits per heavy atom. The maximum Gasteiger partial charge on any atom is 0.167 e. The number of ketones is 1. The summed E-state index contributed by atoms with van der Waals surface area (Å²) in [5.41, 5.74) is 0.439. The minimum atomic E-state index is -0.479. The number of ether oxygens (including phenoxy) is 1. The van der Waals surface area contributed by atoms with Crippen LogP contribution in [0.5, 0.6) is 5.75 Å². The number of piperidine rings is 1. The van der Waals surface area contributed by atoms with Crippen LogP contribution in [-0.2, 0) is 0 Å². The number of hydrogen-bond acceptors (Lipinski definition) is 3. The average Bonchev–Trinajstić information content (AvgIpc) is 2.37. The van der Waals surface area contributed by atoms with Crippen molar-refractivity contribution in [1.29, 1.82) is 0 Å². The molecule has 0 aromatic heterocycles. The molecule has 1 atom stereocenters. The third-order valence-corrected chi connectivity index (χ3v) is 3.43. The SMILES string of the molecule is COc1ccc(C(=O)[C@H]2CCCN(C)C2)cc1F. The number of benzene rings is 1. The van der Waals surface area contributed by atoms with E-state index >= 15 is 0 Å². The first-order valence-electron chi connectivity index (χ1n) is 6.18. The first kappa shape index (κ1) is 13.0. The van der Waals surface area contributed by atoms with E-state index < -0.39 is 5.82 Å². The van der Waals surface area contributed by atoms with Crippen LogP contribution in [0.2, 0.25) is 0 Å². The number of carbonyl (C=O) groups is 1. The minimum Gasteiger partial charge on any atom is -0.494 e. The van der Waals surface area contributed by atoms with E-state index in [1.165, 1.54) is 19.2 Å². The molecule has 1 aromatic rings. The van der Waals surface area contributed by atoms with Crippen LogP contribution < -0.4 is 4.74 Å². The van der Waals surface area contributed by atoms with Crippen molar-refractivity contribution in [3.05, 3.63) is 29.6 Å². The molecule has 0 saturated carbocycles. The topological polar surface area (TPSA) is 29.5 Å². The van der Waals surface area contributed by atoms with Crippen molar-refractivity contribution in [1.82, 2.24) is 4.90 Å². The summed E-state index contributed by atoms with van der Waals surface area (Å²) in [6, 6.07) is 4.42. The molecule has 98 valence electrons. The molecule has 2 rings (SSSR count). The second-order valence-electron chi connectivity index (χ2n) is 4.81. The lowest BCUT2D eigenvalue weighted by Gasteiger charge is -2.28. The van der Waals surface area contributed by atoms with Crippen molar-refractivity contribution in [2.24, 2.45) is 5.92 Å². The maximum absolute atomic E-state index is 13.6. The zero-order valence-electron chi connectivity index (χ0n) is 10.8. The van der Waals surface area contributed by atoms with Gasteiger partial charge in [-0.1, -0.05) is 0 Å². The molecule has 1 fully saturated rings. The van der Waals surface area contributed by atoms with Crippen molar-refractivity contribution in [3.8, 4) is 5.75 Å². The highest BCUT2D eigenvalue weighted by atomic mass is 19.1. The van der Waals surface area contributed by atoms with Gasteiger partial charge in [-0.25, -0.2) is 4.39 Å². The summed E-state index contributed by atoms with van der Waals surface area (Å²) in [7, 11) is 3.42. The monoisotopic (exact) mass is 251 g/mol. The van der Waals surface area contributed by atoms with Crippen LogP contribution in [-0.4, -0.2) is 37.9 Å². The van der Waals surface area contributed by atoms with Crippen molar-refractivity contribution in [2.75, 3.05) is 27.2 Å². The normalized spacial score (nSPS) is 20.7. The Labute approximate surface area is 107 Å². The second-order valence-corrected chi connectivity index (χ2v) is 4.81. The van der Waals surface area contributed by atoms with Crippen LogP contribution in [0.1, 0.15) is 23.2 Å². The van der Waals surface area contributed by atoms with E-state index in [9.17, 15) is 9.18 Å². The van der Waals surface area contributed by atoms with E-state index in [1.54, 1.807) is 6.07 Å². The zero-order valence-corrected chi connectivity index (χ0v) is 10.8. The molecule has 0 aliphatic carbocycles.